The molecule has 6 rings (SSSR count). The molecule has 1 aliphatic carbocycles. The molecule has 5 aromatic rings. The summed E-state index contributed by atoms with van der Waals surface area (Å²) in [6.45, 7) is 23.7. The van der Waals surface area contributed by atoms with Crippen LogP contribution in [0.4, 0.5) is 0 Å². The summed E-state index contributed by atoms with van der Waals surface area (Å²) in [6, 6.07) is 19.1. The van der Waals surface area contributed by atoms with Crippen molar-refractivity contribution in [1.29, 1.82) is 0 Å². The first-order chi connectivity index (χ1) is 22.2. The van der Waals surface area contributed by atoms with Gasteiger partial charge in [-0.25, -0.2) is 0 Å². The molecule has 0 bridgehead atoms. The number of carbonyl (C=O) groups excluding carboxylic acids is 1. The van der Waals surface area contributed by atoms with Crippen LogP contribution in [0.25, 0.3) is 44.1 Å². The van der Waals surface area contributed by atoms with Crippen molar-refractivity contribution in [3.8, 4) is 11.3 Å². The Bertz CT molecular complexity index is 2000. The second kappa shape index (κ2) is 14.3. The molecule has 48 heavy (non-hydrogen) atoms. The maximum atomic E-state index is 11.7. The Labute approximate surface area is 300 Å². The van der Waals surface area contributed by atoms with Crippen LogP contribution in [0.5, 0.6) is 0 Å². The van der Waals surface area contributed by atoms with Gasteiger partial charge in [0.05, 0.1) is 16.9 Å². The minimum absolute atomic E-state index is 0. The number of aromatic nitrogens is 1. The van der Waals surface area contributed by atoms with Crippen molar-refractivity contribution in [2.75, 3.05) is 0 Å². The van der Waals surface area contributed by atoms with Gasteiger partial charge in [-0.3, -0.25) is 9.78 Å². The molecule has 1 aliphatic rings. The summed E-state index contributed by atoms with van der Waals surface area (Å²) in [5, 5.41) is 13.3. The number of hydrogen-bond acceptors (Lipinski definition) is 4. The van der Waals surface area contributed by atoms with E-state index in [1.54, 1.807) is 0 Å². The summed E-state index contributed by atoms with van der Waals surface area (Å²) >= 11 is 0. The number of ketones is 1. The number of benzene rings is 3. The molecule has 1 N–H and O–H groups in total. The number of nitrogens with zero attached hydrogens (tertiary/aromatic N) is 1. The summed E-state index contributed by atoms with van der Waals surface area (Å²) in [4.78, 5) is 16.9. The number of pyridine rings is 1. The van der Waals surface area contributed by atoms with Crippen LogP contribution in [0.3, 0.4) is 0 Å². The van der Waals surface area contributed by atoms with Crippen molar-refractivity contribution in [2.45, 2.75) is 113 Å². The van der Waals surface area contributed by atoms with Crippen LogP contribution in [0.15, 0.2) is 58.7 Å². The second-order valence-corrected chi connectivity index (χ2v) is 15.0. The molecule has 0 atom stereocenters. The summed E-state index contributed by atoms with van der Waals surface area (Å²) in [5.41, 5.74) is 11.0. The Kier molecular flexibility index (Phi) is 11.2. The van der Waals surface area contributed by atoms with Gasteiger partial charge in [-0.05, 0) is 77.7 Å². The molecule has 4 nitrogen and oxygen atoms in total. The van der Waals surface area contributed by atoms with E-state index in [1.165, 1.54) is 39.1 Å². The van der Waals surface area contributed by atoms with Crippen LogP contribution in [-0.4, -0.2) is 15.9 Å². The number of rotatable bonds is 7. The van der Waals surface area contributed by atoms with Crippen molar-refractivity contribution in [3.05, 3.63) is 88.2 Å². The topological polar surface area (TPSA) is 63.3 Å². The smallest absolute Gasteiger partial charge is 0.162 e. The predicted molar refractivity (Wildman–Crippen MR) is 197 cm³/mol. The van der Waals surface area contributed by atoms with E-state index in [-0.39, 0.29) is 54.3 Å². The van der Waals surface area contributed by atoms with Crippen LogP contribution in [0, 0.1) is 31.7 Å². The summed E-state index contributed by atoms with van der Waals surface area (Å²) in [7, 11) is 0. The number of furan rings is 1. The van der Waals surface area contributed by atoms with Gasteiger partial charge >= 0.3 is 0 Å². The maximum Gasteiger partial charge on any atom is 0.162 e. The largest absolute Gasteiger partial charge is 0.512 e. The van der Waals surface area contributed by atoms with E-state index < -0.39 is 0 Å². The SMILES string of the molecule is CCC(CC)C(=O)/C=C(\O)C(CC)CC.Cc1ccc2nc3c(cc2c1)C(C)(C)c1ccc(C(C)(C)C)c2oc4c(C)c[c-]c-3c4c12.[Ir]. The zero-order valence-electron chi connectivity index (χ0n) is 30.6. The fraction of sp³-hybridized carbons (Fsp3) is 0.442. The number of carbonyl (C=O) groups is 1. The van der Waals surface area contributed by atoms with E-state index in [4.69, 9.17) is 9.40 Å². The second-order valence-electron chi connectivity index (χ2n) is 15.0. The van der Waals surface area contributed by atoms with E-state index in [9.17, 15) is 9.90 Å². The standard InChI is InChI=1S/C30H28NO.C13H24O2.Ir/c1-16-8-13-23-18(14-16)15-22-26(31-23)19-10-9-17(2)27-24(19)25-20(30(22,6)7)11-12-21(28(25)32-27)29(3,4)5;1-5-10(6-2)12(14)9-13(15)11(7-3)8-4;/h8-9,11-15H,1-7H3;9-11,14H,5-8H2,1-4H3;/q-1;;/b;12-9-;. The zero-order valence-corrected chi connectivity index (χ0v) is 33.0. The van der Waals surface area contributed by atoms with Crippen LogP contribution >= 0.6 is 0 Å². The van der Waals surface area contributed by atoms with E-state index in [0.29, 0.717) is 0 Å². The average Bonchev–Trinajstić information content (AvgIpc) is 3.39. The van der Waals surface area contributed by atoms with Gasteiger partial charge in [0.25, 0.3) is 0 Å². The molecule has 0 amide bonds. The van der Waals surface area contributed by atoms with Crippen LogP contribution in [0.2, 0.25) is 0 Å². The van der Waals surface area contributed by atoms with Crippen molar-refractivity contribution in [3.63, 3.8) is 0 Å². The summed E-state index contributed by atoms with van der Waals surface area (Å²) in [6.07, 6.45) is 4.91. The van der Waals surface area contributed by atoms with E-state index in [0.717, 1.165) is 64.6 Å². The molecule has 5 heteroatoms. The molecule has 0 fully saturated rings. The Hall–Kier alpha value is -3.27. The Morgan fingerprint density at radius 2 is 1.56 bits per heavy atom. The quantitative estimate of drug-likeness (QED) is 0.101. The molecule has 3 aromatic carbocycles. The molecule has 0 spiro atoms. The minimum atomic E-state index is -0.230. The van der Waals surface area contributed by atoms with E-state index >= 15 is 0 Å². The zero-order chi connectivity index (χ0) is 34.4. The minimum Gasteiger partial charge on any atom is -0.512 e. The van der Waals surface area contributed by atoms with E-state index in [2.05, 4.69) is 97.0 Å². The Morgan fingerprint density at radius 1 is 0.917 bits per heavy atom. The third-order valence-corrected chi connectivity index (χ3v) is 10.3. The van der Waals surface area contributed by atoms with E-state index in [1.807, 2.05) is 27.7 Å². The van der Waals surface area contributed by atoms with Gasteiger partial charge in [-0.1, -0.05) is 116 Å². The van der Waals surface area contributed by atoms with Gasteiger partial charge in [0.15, 0.2) is 5.78 Å². The fourth-order valence-electron chi connectivity index (χ4n) is 7.22. The number of fused-ring (bicyclic) bond motifs is 3. The van der Waals surface area contributed by atoms with Gasteiger partial charge in [0.2, 0.25) is 0 Å². The van der Waals surface area contributed by atoms with Crippen molar-refractivity contribution in [1.82, 2.24) is 4.98 Å². The predicted octanol–water partition coefficient (Wildman–Crippen LogP) is 12.0. The summed E-state index contributed by atoms with van der Waals surface area (Å²) < 4.78 is 6.66. The maximum absolute atomic E-state index is 11.7. The van der Waals surface area contributed by atoms with Gasteiger partial charge in [-0.15, -0.1) is 17.7 Å². The van der Waals surface area contributed by atoms with Crippen molar-refractivity contribution >= 4 is 38.6 Å². The number of aliphatic hydroxyl groups is 1. The molecule has 0 saturated heterocycles. The van der Waals surface area contributed by atoms with Crippen molar-refractivity contribution in [2.24, 2.45) is 11.8 Å². The van der Waals surface area contributed by atoms with Crippen molar-refractivity contribution < 1.29 is 34.4 Å². The molecular formula is C43H52IrNO3-. The number of aliphatic hydroxyl groups excluding tert-OH is 1. The molecule has 0 saturated carbocycles. The molecule has 0 aliphatic heterocycles. The molecule has 1 radical (unpaired) electrons. The first-order valence-corrected chi connectivity index (χ1v) is 17.5. The molecule has 257 valence electrons. The van der Waals surface area contributed by atoms with Gasteiger partial charge in [-0.2, -0.15) is 0 Å². The van der Waals surface area contributed by atoms with Crippen LogP contribution < -0.4 is 0 Å². The number of aryl methyl sites for hydroxylation is 2. The third kappa shape index (κ3) is 6.66. The third-order valence-electron chi connectivity index (χ3n) is 10.3. The van der Waals surface area contributed by atoms with Crippen LogP contribution in [-0.2, 0) is 35.7 Å². The normalized spacial score (nSPS) is 13.9. The Balaban J connectivity index is 0.000000279. The molecule has 2 heterocycles. The first-order valence-electron chi connectivity index (χ1n) is 17.5. The fourth-order valence-corrected chi connectivity index (χ4v) is 7.22. The molecule has 2 aromatic heterocycles. The Morgan fingerprint density at radius 3 is 2.17 bits per heavy atom. The van der Waals surface area contributed by atoms with Gasteiger partial charge in [0, 0.05) is 43.4 Å². The number of allylic oxidation sites excluding steroid dienone is 2. The van der Waals surface area contributed by atoms with Gasteiger partial charge < -0.3 is 9.52 Å². The number of hydrogen-bond donors (Lipinski definition) is 1. The first kappa shape index (κ1) is 37.5. The molecule has 0 unspecified atom stereocenters. The molecular weight excluding hydrogens is 771 g/mol. The van der Waals surface area contributed by atoms with Crippen LogP contribution in [0.1, 0.15) is 116 Å². The monoisotopic (exact) mass is 823 g/mol. The summed E-state index contributed by atoms with van der Waals surface area (Å²) in [5.74, 6) is 0.547. The average molecular weight is 823 g/mol. The van der Waals surface area contributed by atoms with Gasteiger partial charge in [0.1, 0.15) is 5.58 Å².